The van der Waals surface area contributed by atoms with Crippen LogP contribution in [0.3, 0.4) is 0 Å². The molecule has 0 spiro atoms. The largest absolute Gasteiger partial charge is 0.370 e. The zero-order valence-electron chi connectivity index (χ0n) is 13.7. The highest BCUT2D eigenvalue weighted by Gasteiger charge is 2.24. The topological polar surface area (TPSA) is 53.6 Å². The van der Waals surface area contributed by atoms with E-state index in [0.717, 1.165) is 37.2 Å². The molecule has 0 fully saturated rings. The number of nitrogens with one attached hydrogen (secondary N) is 1. The number of aromatic nitrogens is 2. The van der Waals surface area contributed by atoms with Gasteiger partial charge >= 0.3 is 0 Å². The van der Waals surface area contributed by atoms with Gasteiger partial charge in [-0.25, -0.2) is 9.07 Å². The molecule has 0 atom stereocenters. The number of nitriles is 1. The van der Waals surface area contributed by atoms with Crippen LogP contribution in [0.5, 0.6) is 0 Å². The van der Waals surface area contributed by atoms with Crippen molar-refractivity contribution in [1.82, 2.24) is 9.78 Å². The van der Waals surface area contributed by atoms with Crippen molar-refractivity contribution in [1.29, 1.82) is 5.26 Å². The minimum absolute atomic E-state index is 0.284. The van der Waals surface area contributed by atoms with Gasteiger partial charge in [0.15, 0.2) is 0 Å². The molecule has 3 aromatic rings. The summed E-state index contributed by atoms with van der Waals surface area (Å²) < 4.78 is 16.1. The summed E-state index contributed by atoms with van der Waals surface area (Å²) in [6.07, 6.45) is 2.90. The smallest absolute Gasteiger partial charge is 0.133 e. The van der Waals surface area contributed by atoms with Crippen molar-refractivity contribution in [3.05, 3.63) is 65.5 Å². The minimum Gasteiger partial charge on any atom is -0.370 e. The molecule has 1 aliphatic rings. The van der Waals surface area contributed by atoms with Gasteiger partial charge in [0.1, 0.15) is 23.4 Å². The number of fused-ring (bicyclic) bond motifs is 1. The second-order valence-corrected chi connectivity index (χ2v) is 6.08. The molecular formula is C20H17FN4. The molecule has 0 saturated heterocycles. The Hall–Kier alpha value is -3.13. The van der Waals surface area contributed by atoms with E-state index in [1.807, 2.05) is 24.3 Å². The lowest BCUT2D eigenvalue weighted by atomic mass is 10.0. The summed E-state index contributed by atoms with van der Waals surface area (Å²) >= 11 is 0. The quantitative estimate of drug-likeness (QED) is 0.761. The predicted octanol–water partition coefficient (Wildman–Crippen LogP) is 4.30. The van der Waals surface area contributed by atoms with Crippen LogP contribution in [0, 0.1) is 17.1 Å². The number of nitrogens with zero attached hydrogens (tertiary/aromatic N) is 3. The third-order valence-electron chi connectivity index (χ3n) is 4.51. The molecule has 1 N–H and O–H groups in total. The van der Waals surface area contributed by atoms with Crippen LogP contribution in [0.2, 0.25) is 0 Å². The number of anilines is 1. The molecule has 4 rings (SSSR count). The minimum atomic E-state index is -0.284. The number of benzene rings is 2. The average molecular weight is 332 g/mol. The van der Waals surface area contributed by atoms with Crippen molar-refractivity contribution >= 4 is 5.82 Å². The van der Waals surface area contributed by atoms with E-state index in [1.165, 1.54) is 6.07 Å². The maximum Gasteiger partial charge on any atom is 0.133 e. The maximum absolute atomic E-state index is 14.4. The molecule has 5 heteroatoms. The van der Waals surface area contributed by atoms with Crippen molar-refractivity contribution in [3.8, 4) is 23.0 Å². The third kappa shape index (κ3) is 2.66. The van der Waals surface area contributed by atoms with Gasteiger partial charge < -0.3 is 5.32 Å². The highest BCUT2D eigenvalue weighted by atomic mass is 19.1. The normalized spacial score (nSPS) is 13.4. The zero-order chi connectivity index (χ0) is 17.2. The first-order valence-electron chi connectivity index (χ1n) is 8.40. The van der Waals surface area contributed by atoms with Gasteiger partial charge in [0.2, 0.25) is 0 Å². The lowest BCUT2D eigenvalue weighted by Gasteiger charge is -2.10. The number of rotatable bonds is 2. The highest BCUT2D eigenvalue weighted by Crippen LogP contribution is 2.35. The Balaban J connectivity index is 1.98. The molecule has 1 aliphatic heterocycles. The number of halogens is 1. The van der Waals surface area contributed by atoms with Gasteiger partial charge in [-0.05, 0) is 43.5 Å². The van der Waals surface area contributed by atoms with E-state index in [1.54, 1.807) is 22.9 Å². The molecule has 1 aromatic heterocycles. The lowest BCUT2D eigenvalue weighted by molar-refractivity contribution is 0.630. The predicted molar refractivity (Wildman–Crippen MR) is 95.1 cm³/mol. The van der Waals surface area contributed by atoms with E-state index in [-0.39, 0.29) is 5.82 Å². The van der Waals surface area contributed by atoms with Crippen LogP contribution in [-0.2, 0) is 6.42 Å². The van der Waals surface area contributed by atoms with Crippen LogP contribution in [-0.4, -0.2) is 16.3 Å². The molecule has 2 heterocycles. The molecule has 25 heavy (non-hydrogen) atoms. The fourth-order valence-electron chi connectivity index (χ4n) is 3.30. The van der Waals surface area contributed by atoms with E-state index >= 15 is 0 Å². The molecule has 0 bridgehead atoms. The fourth-order valence-corrected chi connectivity index (χ4v) is 3.30. The fraction of sp³-hybridized carbons (Fsp3) is 0.200. The Morgan fingerprint density at radius 3 is 2.72 bits per heavy atom. The molecule has 0 unspecified atom stereocenters. The molecule has 2 aromatic carbocycles. The van der Waals surface area contributed by atoms with Crippen molar-refractivity contribution < 1.29 is 4.39 Å². The molecule has 4 nitrogen and oxygen atoms in total. The second kappa shape index (κ2) is 6.40. The van der Waals surface area contributed by atoms with Crippen LogP contribution >= 0.6 is 0 Å². The lowest BCUT2D eigenvalue weighted by Crippen LogP contribution is -2.08. The summed E-state index contributed by atoms with van der Waals surface area (Å²) in [6.45, 7) is 0.837. The van der Waals surface area contributed by atoms with Gasteiger partial charge in [0.25, 0.3) is 0 Å². The average Bonchev–Trinajstić information content (AvgIpc) is 2.83. The molecule has 0 radical (unpaired) electrons. The van der Waals surface area contributed by atoms with Gasteiger partial charge in [0.05, 0.1) is 11.3 Å². The Morgan fingerprint density at radius 1 is 1.08 bits per heavy atom. The van der Waals surface area contributed by atoms with Gasteiger partial charge in [-0.15, -0.1) is 0 Å². The van der Waals surface area contributed by atoms with Gasteiger partial charge in [-0.3, -0.25) is 0 Å². The summed E-state index contributed by atoms with van der Waals surface area (Å²) in [5.41, 5.74) is 3.40. The Kier molecular flexibility index (Phi) is 3.95. The summed E-state index contributed by atoms with van der Waals surface area (Å²) in [4.78, 5) is 0. The number of hydrogen-bond donors (Lipinski definition) is 1. The first-order valence-corrected chi connectivity index (χ1v) is 8.40. The standard InChI is InChI=1S/C20H17FN4/c21-17-10-3-2-8-15(17)19-16-9-5-6-12-23-20(16)25(24-19)18-11-4-1-7-14(18)13-22/h1-4,7-8,10-11,23H,5-6,9,12H2. The van der Waals surface area contributed by atoms with Crippen molar-refractivity contribution in [2.75, 3.05) is 11.9 Å². The number of hydrogen-bond acceptors (Lipinski definition) is 3. The van der Waals surface area contributed by atoms with E-state index in [2.05, 4.69) is 11.4 Å². The Labute approximate surface area is 145 Å². The van der Waals surface area contributed by atoms with Crippen LogP contribution < -0.4 is 5.32 Å². The molecule has 0 amide bonds. The zero-order valence-corrected chi connectivity index (χ0v) is 13.7. The third-order valence-corrected chi connectivity index (χ3v) is 4.51. The molecule has 124 valence electrons. The van der Waals surface area contributed by atoms with Crippen molar-refractivity contribution in [2.24, 2.45) is 0 Å². The van der Waals surface area contributed by atoms with E-state index in [9.17, 15) is 9.65 Å². The van der Waals surface area contributed by atoms with Crippen LogP contribution in [0.1, 0.15) is 24.0 Å². The summed E-state index contributed by atoms with van der Waals surface area (Å²) in [5.74, 6) is 0.575. The second-order valence-electron chi connectivity index (χ2n) is 6.08. The Morgan fingerprint density at radius 2 is 1.88 bits per heavy atom. The van der Waals surface area contributed by atoms with E-state index in [4.69, 9.17) is 5.10 Å². The highest BCUT2D eigenvalue weighted by molar-refractivity contribution is 5.72. The first-order chi connectivity index (χ1) is 12.3. The van der Waals surface area contributed by atoms with Crippen molar-refractivity contribution in [3.63, 3.8) is 0 Å². The van der Waals surface area contributed by atoms with E-state index in [0.29, 0.717) is 22.5 Å². The van der Waals surface area contributed by atoms with Crippen LogP contribution in [0.25, 0.3) is 16.9 Å². The Bertz CT molecular complexity index is 968. The SMILES string of the molecule is N#Cc1ccccc1-n1nc(-c2ccccc2F)c2c1NCCCC2. The molecule has 0 aliphatic carbocycles. The monoisotopic (exact) mass is 332 g/mol. The van der Waals surface area contributed by atoms with Gasteiger partial charge in [0, 0.05) is 17.7 Å². The first kappa shape index (κ1) is 15.4. The van der Waals surface area contributed by atoms with Crippen LogP contribution in [0.4, 0.5) is 10.2 Å². The maximum atomic E-state index is 14.4. The van der Waals surface area contributed by atoms with Crippen molar-refractivity contribution in [2.45, 2.75) is 19.3 Å². The van der Waals surface area contributed by atoms with Crippen LogP contribution in [0.15, 0.2) is 48.5 Å². The molecular weight excluding hydrogens is 315 g/mol. The van der Waals surface area contributed by atoms with Gasteiger partial charge in [-0.1, -0.05) is 24.3 Å². The summed E-state index contributed by atoms with van der Waals surface area (Å²) in [5, 5.41) is 17.6. The number of para-hydroxylation sites is 1. The summed E-state index contributed by atoms with van der Waals surface area (Å²) in [7, 11) is 0. The summed E-state index contributed by atoms with van der Waals surface area (Å²) in [6, 6.07) is 16.3. The molecule has 0 saturated carbocycles. The van der Waals surface area contributed by atoms with E-state index < -0.39 is 0 Å². The van der Waals surface area contributed by atoms with Gasteiger partial charge in [-0.2, -0.15) is 10.4 Å².